The van der Waals surface area contributed by atoms with Crippen LogP contribution in [-0.4, -0.2) is 65.2 Å². The van der Waals surface area contributed by atoms with Crippen molar-refractivity contribution in [2.24, 2.45) is 0 Å². The molecule has 214 valence electrons. The maximum atomic E-state index is 13.2. The highest BCUT2D eigenvalue weighted by Gasteiger charge is 2.60. The first-order chi connectivity index (χ1) is 18.2. The van der Waals surface area contributed by atoms with Gasteiger partial charge in [0, 0.05) is 19.2 Å². The Balaban J connectivity index is 2.50. The lowest BCUT2D eigenvalue weighted by molar-refractivity contribution is -0.178. The van der Waals surface area contributed by atoms with E-state index < -0.39 is 80.9 Å². The molecule has 0 aliphatic carbocycles. The average Bonchev–Trinajstić information content (AvgIpc) is 3.08. The SMILES string of the molecule is CC(=O)O[C@@H]1[C@H](COP(=O)(OCCC#N)OCCC#N)O[C@@H](n2ccc(=O)[nH]c2=O)[C@]1(C)NC(=O)C(F)(F)F. The summed E-state index contributed by atoms with van der Waals surface area (Å²) in [5, 5.41) is 19.0. The van der Waals surface area contributed by atoms with E-state index in [9.17, 15) is 36.9 Å². The molecule has 0 bridgehead atoms. The predicted octanol–water partition coefficient (Wildman–Crippen LogP) is 0.788. The Bertz CT molecular complexity index is 1280. The van der Waals surface area contributed by atoms with Crippen LogP contribution in [0.25, 0.3) is 0 Å². The van der Waals surface area contributed by atoms with Gasteiger partial charge in [0.2, 0.25) is 0 Å². The van der Waals surface area contributed by atoms with Crippen LogP contribution in [0.1, 0.15) is 32.9 Å². The Labute approximate surface area is 218 Å². The van der Waals surface area contributed by atoms with Gasteiger partial charge in [0.05, 0.1) is 44.8 Å². The van der Waals surface area contributed by atoms with Gasteiger partial charge in [-0.1, -0.05) is 0 Å². The zero-order chi connectivity index (χ0) is 29.4. The van der Waals surface area contributed by atoms with Crippen molar-refractivity contribution >= 4 is 19.7 Å². The van der Waals surface area contributed by atoms with Gasteiger partial charge in [-0.15, -0.1) is 0 Å². The normalized spacial score (nSPS) is 23.0. The molecular weight excluding hydrogens is 558 g/mol. The van der Waals surface area contributed by atoms with Gasteiger partial charge in [-0.25, -0.2) is 9.36 Å². The molecule has 15 nitrogen and oxygen atoms in total. The smallest absolute Gasteiger partial charge is 0.457 e. The first kappa shape index (κ1) is 31.7. The number of amides is 1. The summed E-state index contributed by atoms with van der Waals surface area (Å²) < 4.78 is 79.3. The number of alkyl halides is 3. The fraction of sp³-hybridized carbons (Fsp3) is 0.600. The van der Waals surface area contributed by atoms with Gasteiger partial charge in [0.15, 0.2) is 12.3 Å². The van der Waals surface area contributed by atoms with E-state index in [1.165, 1.54) is 0 Å². The van der Waals surface area contributed by atoms with Crippen molar-refractivity contribution in [3.63, 3.8) is 0 Å². The highest BCUT2D eigenvalue weighted by Crippen LogP contribution is 2.51. The number of nitrogens with zero attached hydrogens (tertiary/aromatic N) is 3. The molecule has 1 fully saturated rings. The van der Waals surface area contributed by atoms with Gasteiger partial charge in [0.25, 0.3) is 5.56 Å². The summed E-state index contributed by atoms with van der Waals surface area (Å²) in [7, 11) is -4.50. The highest BCUT2D eigenvalue weighted by molar-refractivity contribution is 7.48. The first-order valence-corrected chi connectivity index (χ1v) is 12.4. The molecule has 1 aromatic heterocycles. The van der Waals surface area contributed by atoms with Crippen LogP contribution >= 0.6 is 7.82 Å². The van der Waals surface area contributed by atoms with E-state index in [0.717, 1.165) is 26.1 Å². The molecule has 1 saturated heterocycles. The minimum atomic E-state index is -5.41. The molecule has 0 spiro atoms. The summed E-state index contributed by atoms with van der Waals surface area (Å²) in [6.07, 6.45) is -10.2. The minimum Gasteiger partial charge on any atom is -0.457 e. The van der Waals surface area contributed by atoms with Crippen LogP contribution in [0, 0.1) is 22.7 Å². The molecule has 0 unspecified atom stereocenters. The van der Waals surface area contributed by atoms with Crippen molar-refractivity contribution in [3.05, 3.63) is 33.1 Å². The van der Waals surface area contributed by atoms with Crippen molar-refractivity contribution in [3.8, 4) is 12.1 Å². The van der Waals surface area contributed by atoms with Crippen LogP contribution in [0.15, 0.2) is 21.9 Å². The van der Waals surface area contributed by atoms with E-state index in [2.05, 4.69) is 0 Å². The Morgan fingerprint density at radius 1 is 1.21 bits per heavy atom. The number of phosphoric acid groups is 1. The summed E-state index contributed by atoms with van der Waals surface area (Å²) in [6.45, 7) is 0.186. The molecule has 1 aliphatic heterocycles. The number of nitrogens with one attached hydrogen (secondary N) is 2. The lowest BCUT2D eigenvalue weighted by atomic mass is 9.91. The summed E-state index contributed by atoms with van der Waals surface area (Å²) >= 11 is 0. The van der Waals surface area contributed by atoms with Crippen molar-refractivity contribution in [2.75, 3.05) is 19.8 Å². The summed E-state index contributed by atoms with van der Waals surface area (Å²) in [5.74, 6) is -3.51. The van der Waals surface area contributed by atoms with Crippen LogP contribution in [-0.2, 0) is 37.2 Å². The minimum absolute atomic E-state index is 0.232. The monoisotopic (exact) mass is 581 g/mol. The third kappa shape index (κ3) is 8.22. The Hall–Kier alpha value is -3.54. The molecule has 39 heavy (non-hydrogen) atoms. The maximum absolute atomic E-state index is 13.2. The quantitative estimate of drug-likeness (QED) is 0.199. The number of ether oxygens (including phenoxy) is 2. The lowest BCUT2D eigenvalue weighted by Gasteiger charge is -2.36. The highest BCUT2D eigenvalue weighted by atomic mass is 31.2. The van der Waals surface area contributed by atoms with Crippen LogP contribution in [0.2, 0.25) is 0 Å². The standard InChI is InChI=1S/C20H23F3N5O10P/c1-12(29)37-15-13(11-36-39(33,34-9-3-6-24)35-10-4-7-25)38-17(28-8-5-14(30)26-18(28)32)19(15,2)27-16(31)20(21,22)23/h5,8,13,15,17H,3-4,9-11H2,1-2H3,(H,27,31)(H,26,30,32)/t13-,15+,17+,19+/m0/s1. The molecule has 1 amide bonds. The molecule has 2 rings (SSSR count). The zero-order valence-electron chi connectivity index (χ0n) is 20.4. The number of aromatic nitrogens is 2. The van der Waals surface area contributed by atoms with Gasteiger partial charge in [-0.3, -0.25) is 37.5 Å². The molecule has 0 saturated carbocycles. The summed E-state index contributed by atoms with van der Waals surface area (Å²) in [5.41, 5.74) is -4.31. The van der Waals surface area contributed by atoms with Gasteiger partial charge < -0.3 is 14.8 Å². The fourth-order valence-electron chi connectivity index (χ4n) is 3.51. The second kappa shape index (κ2) is 13.0. The van der Waals surface area contributed by atoms with Gasteiger partial charge in [-0.05, 0) is 6.92 Å². The Morgan fingerprint density at radius 2 is 1.79 bits per heavy atom. The molecule has 2 N–H and O–H groups in total. The average molecular weight is 581 g/mol. The molecule has 1 aromatic rings. The second-order valence-electron chi connectivity index (χ2n) is 8.03. The van der Waals surface area contributed by atoms with Crippen LogP contribution in [0.3, 0.4) is 0 Å². The number of halogens is 3. The van der Waals surface area contributed by atoms with Gasteiger partial charge >= 0.3 is 31.6 Å². The van der Waals surface area contributed by atoms with Crippen molar-refractivity contribution in [1.82, 2.24) is 14.9 Å². The van der Waals surface area contributed by atoms with E-state index in [0.29, 0.717) is 4.57 Å². The van der Waals surface area contributed by atoms with Crippen LogP contribution < -0.4 is 16.6 Å². The van der Waals surface area contributed by atoms with E-state index in [1.54, 1.807) is 17.5 Å². The molecule has 0 aromatic carbocycles. The maximum Gasteiger partial charge on any atom is 0.474 e. The number of nitriles is 2. The van der Waals surface area contributed by atoms with E-state index >= 15 is 0 Å². The summed E-state index contributed by atoms with van der Waals surface area (Å²) in [6, 6.07) is 4.30. The van der Waals surface area contributed by atoms with Crippen molar-refractivity contribution < 1.29 is 50.4 Å². The largest absolute Gasteiger partial charge is 0.474 e. The number of esters is 1. The van der Waals surface area contributed by atoms with Gasteiger partial charge in [0.1, 0.15) is 11.6 Å². The van der Waals surface area contributed by atoms with Crippen LogP contribution in [0.4, 0.5) is 13.2 Å². The predicted molar refractivity (Wildman–Crippen MR) is 119 cm³/mol. The number of rotatable bonds is 12. The zero-order valence-corrected chi connectivity index (χ0v) is 21.3. The molecule has 1 aliphatic rings. The third-order valence-electron chi connectivity index (χ3n) is 5.11. The Kier molecular flexibility index (Phi) is 10.6. The van der Waals surface area contributed by atoms with Gasteiger partial charge in [-0.2, -0.15) is 23.7 Å². The number of phosphoric ester groups is 1. The molecule has 2 heterocycles. The first-order valence-electron chi connectivity index (χ1n) is 11.0. The Morgan fingerprint density at radius 3 is 2.28 bits per heavy atom. The topological polar surface area (TPSA) is 212 Å². The second-order valence-corrected chi connectivity index (χ2v) is 9.70. The molecule has 0 radical (unpaired) electrons. The number of carbonyl (C=O) groups excluding carboxylic acids is 2. The number of hydrogen-bond donors (Lipinski definition) is 2. The summed E-state index contributed by atoms with van der Waals surface area (Å²) in [4.78, 5) is 49.7. The number of aromatic amines is 1. The van der Waals surface area contributed by atoms with Crippen molar-refractivity contribution in [2.45, 2.75) is 56.8 Å². The number of hydrogen-bond acceptors (Lipinski definition) is 12. The number of H-pyrrole nitrogens is 1. The third-order valence-corrected chi connectivity index (χ3v) is 6.57. The van der Waals surface area contributed by atoms with E-state index in [1.807, 2.05) is 4.98 Å². The molecule has 4 atom stereocenters. The number of carbonyl (C=O) groups is 2. The van der Waals surface area contributed by atoms with Crippen LogP contribution in [0.5, 0.6) is 0 Å². The van der Waals surface area contributed by atoms with E-state index in [-0.39, 0.29) is 12.8 Å². The molecular formula is C20H23F3N5O10P. The van der Waals surface area contributed by atoms with Crippen molar-refractivity contribution in [1.29, 1.82) is 10.5 Å². The van der Waals surface area contributed by atoms with E-state index in [4.69, 9.17) is 33.6 Å². The lowest BCUT2D eigenvalue weighted by Crippen LogP contribution is -2.61. The fourth-order valence-corrected chi connectivity index (χ4v) is 4.69. The molecule has 19 heteroatoms.